The third-order valence-corrected chi connectivity index (χ3v) is 6.02. The van der Waals surface area contributed by atoms with Crippen molar-refractivity contribution in [2.45, 2.75) is 13.5 Å². The number of nitrogens with one attached hydrogen (secondary N) is 1. The van der Waals surface area contributed by atoms with Gasteiger partial charge in [0.2, 0.25) is 5.91 Å². The number of carbonyl (C=O) groups is 1. The molecule has 0 aliphatic carbocycles. The summed E-state index contributed by atoms with van der Waals surface area (Å²) >= 11 is 1.38. The molecule has 0 aliphatic heterocycles. The minimum Gasteiger partial charge on any atom is -0.492 e. The number of para-hydroxylation sites is 2. The predicted molar refractivity (Wildman–Crippen MR) is 124 cm³/mol. The van der Waals surface area contributed by atoms with Crippen LogP contribution in [0.25, 0.3) is 27.0 Å². The summed E-state index contributed by atoms with van der Waals surface area (Å²) < 4.78 is 21.9. The minimum absolute atomic E-state index is 0.265. The summed E-state index contributed by atoms with van der Waals surface area (Å²) in [5, 5.41) is 9.05. The summed E-state index contributed by atoms with van der Waals surface area (Å²) in [4.78, 5) is 29.9. The summed E-state index contributed by atoms with van der Waals surface area (Å²) in [5.41, 5.74) is 2.76. The van der Waals surface area contributed by atoms with Gasteiger partial charge in [0.25, 0.3) is 0 Å². The summed E-state index contributed by atoms with van der Waals surface area (Å²) in [6.07, 6.45) is 1.39. The summed E-state index contributed by atoms with van der Waals surface area (Å²) in [6.45, 7) is 2.05. The average Bonchev–Trinajstić information content (AvgIpc) is 3.37. The van der Waals surface area contributed by atoms with Crippen LogP contribution in [0.3, 0.4) is 0 Å². The van der Waals surface area contributed by atoms with E-state index in [1.165, 1.54) is 34.2 Å². The first-order valence-electron chi connectivity index (χ1n) is 10.2. The Morgan fingerprint density at radius 2 is 1.97 bits per heavy atom. The first-order chi connectivity index (χ1) is 16.0. The smallest absolute Gasteiger partial charge is 0.352 e. The zero-order valence-corrected chi connectivity index (χ0v) is 18.3. The van der Waals surface area contributed by atoms with E-state index in [9.17, 15) is 14.0 Å². The first-order valence-corrected chi connectivity index (χ1v) is 11.1. The summed E-state index contributed by atoms with van der Waals surface area (Å²) in [5.74, 6) is -0.176. The number of ether oxygens (including phenoxy) is 1. The van der Waals surface area contributed by atoms with Crippen LogP contribution in [0.5, 0.6) is 5.75 Å². The Balaban J connectivity index is 1.47. The topological polar surface area (TPSA) is 90.5 Å². The summed E-state index contributed by atoms with van der Waals surface area (Å²) in [6, 6.07) is 13.2. The predicted octanol–water partition coefficient (Wildman–Crippen LogP) is 3.95. The van der Waals surface area contributed by atoms with Gasteiger partial charge < -0.3 is 10.1 Å². The lowest BCUT2D eigenvalue weighted by Crippen LogP contribution is -2.28. The second-order valence-electron chi connectivity index (χ2n) is 7.19. The minimum atomic E-state index is -0.468. The van der Waals surface area contributed by atoms with Crippen molar-refractivity contribution in [2.24, 2.45) is 0 Å². The molecule has 3 aromatic heterocycles. The van der Waals surface area contributed by atoms with Gasteiger partial charge >= 0.3 is 5.69 Å². The number of rotatable bonds is 6. The van der Waals surface area contributed by atoms with Crippen LogP contribution in [-0.2, 0) is 11.3 Å². The molecule has 0 unspecified atom stereocenters. The van der Waals surface area contributed by atoms with Gasteiger partial charge in [0, 0.05) is 10.9 Å². The number of aromatic nitrogens is 4. The lowest BCUT2D eigenvalue weighted by atomic mass is 10.1. The van der Waals surface area contributed by atoms with Crippen molar-refractivity contribution < 1.29 is 13.9 Å². The van der Waals surface area contributed by atoms with Crippen molar-refractivity contribution in [1.82, 2.24) is 19.2 Å². The van der Waals surface area contributed by atoms with Crippen LogP contribution in [0.2, 0.25) is 0 Å². The second kappa shape index (κ2) is 8.47. The van der Waals surface area contributed by atoms with Crippen molar-refractivity contribution in [3.63, 3.8) is 0 Å². The molecule has 0 saturated carbocycles. The van der Waals surface area contributed by atoms with E-state index in [4.69, 9.17) is 4.74 Å². The van der Waals surface area contributed by atoms with E-state index in [-0.39, 0.29) is 12.4 Å². The number of nitrogens with zero attached hydrogens (tertiary/aromatic N) is 4. The third kappa shape index (κ3) is 3.85. The van der Waals surface area contributed by atoms with Gasteiger partial charge in [0.15, 0.2) is 5.65 Å². The fourth-order valence-corrected chi connectivity index (χ4v) is 4.55. The second-order valence-corrected chi connectivity index (χ2v) is 8.07. The van der Waals surface area contributed by atoms with Crippen LogP contribution in [0.15, 0.2) is 65.0 Å². The van der Waals surface area contributed by atoms with Gasteiger partial charge in [-0.15, -0.1) is 16.4 Å². The zero-order chi connectivity index (χ0) is 22.9. The number of hydrogen-bond acceptors (Lipinski definition) is 6. The molecule has 0 saturated heterocycles. The quantitative estimate of drug-likeness (QED) is 0.412. The highest BCUT2D eigenvalue weighted by Crippen LogP contribution is 2.34. The Morgan fingerprint density at radius 1 is 1.18 bits per heavy atom. The highest BCUT2D eigenvalue weighted by atomic mass is 32.1. The van der Waals surface area contributed by atoms with Crippen LogP contribution in [0.1, 0.15) is 6.92 Å². The molecule has 3 heterocycles. The Kier molecular flexibility index (Phi) is 5.35. The fraction of sp³-hybridized carbons (Fsp3) is 0.130. The van der Waals surface area contributed by atoms with E-state index in [2.05, 4.69) is 15.4 Å². The van der Waals surface area contributed by atoms with E-state index >= 15 is 0 Å². The van der Waals surface area contributed by atoms with E-state index in [0.717, 1.165) is 15.8 Å². The van der Waals surface area contributed by atoms with Crippen molar-refractivity contribution in [1.29, 1.82) is 0 Å². The van der Waals surface area contributed by atoms with Gasteiger partial charge in [0.05, 0.1) is 22.5 Å². The Morgan fingerprint density at radius 3 is 2.76 bits per heavy atom. The molecule has 166 valence electrons. The molecule has 8 nitrogen and oxygen atoms in total. The van der Waals surface area contributed by atoms with Crippen LogP contribution in [0, 0.1) is 5.82 Å². The maximum atomic E-state index is 13.3. The molecule has 0 atom stereocenters. The fourth-order valence-electron chi connectivity index (χ4n) is 3.55. The van der Waals surface area contributed by atoms with Crippen LogP contribution in [0.4, 0.5) is 10.1 Å². The maximum Gasteiger partial charge on any atom is 0.352 e. The van der Waals surface area contributed by atoms with E-state index in [0.29, 0.717) is 33.9 Å². The molecule has 1 N–H and O–H groups in total. The molecule has 0 radical (unpaired) electrons. The first kappa shape index (κ1) is 20.8. The molecular weight excluding hydrogens is 445 g/mol. The number of amides is 1. The molecule has 0 spiro atoms. The average molecular weight is 463 g/mol. The van der Waals surface area contributed by atoms with Gasteiger partial charge in [-0.1, -0.05) is 24.3 Å². The van der Waals surface area contributed by atoms with Gasteiger partial charge in [-0.05, 0) is 36.8 Å². The monoisotopic (exact) mass is 463 g/mol. The number of carbonyl (C=O) groups excluding carboxylic acids is 1. The molecular formula is C23H18FN5O3S. The van der Waals surface area contributed by atoms with Gasteiger partial charge in [-0.25, -0.2) is 23.3 Å². The van der Waals surface area contributed by atoms with Crippen molar-refractivity contribution in [2.75, 3.05) is 11.9 Å². The highest BCUT2D eigenvalue weighted by molar-refractivity contribution is 7.18. The Labute approximate surface area is 190 Å². The lowest BCUT2D eigenvalue weighted by Gasteiger charge is -2.10. The number of fused-ring (bicyclic) bond motifs is 3. The van der Waals surface area contributed by atoms with E-state index in [1.54, 1.807) is 30.3 Å². The molecule has 0 bridgehead atoms. The lowest BCUT2D eigenvalue weighted by molar-refractivity contribution is -0.117. The van der Waals surface area contributed by atoms with Crippen LogP contribution >= 0.6 is 11.3 Å². The standard InChI is InChI=1S/C23H18FN5O3S/c1-2-32-18-6-4-3-5-17(18)26-19(30)11-29-23(31)28-13-25-20-16(12-33-21(20)22(28)27-29)14-7-9-15(24)10-8-14/h3-10,12-13H,2,11H2,1H3,(H,26,30). The van der Waals surface area contributed by atoms with Crippen LogP contribution in [-0.4, -0.2) is 31.7 Å². The zero-order valence-electron chi connectivity index (χ0n) is 17.5. The summed E-state index contributed by atoms with van der Waals surface area (Å²) in [7, 11) is 0. The van der Waals surface area contributed by atoms with E-state index in [1.807, 2.05) is 18.4 Å². The van der Waals surface area contributed by atoms with Gasteiger partial charge in [-0.3, -0.25) is 4.79 Å². The third-order valence-electron chi connectivity index (χ3n) is 5.05. The molecule has 10 heteroatoms. The van der Waals surface area contributed by atoms with Crippen molar-refractivity contribution in [3.8, 4) is 16.9 Å². The largest absolute Gasteiger partial charge is 0.492 e. The number of anilines is 1. The van der Waals surface area contributed by atoms with Crippen molar-refractivity contribution >= 4 is 38.8 Å². The van der Waals surface area contributed by atoms with Gasteiger partial charge in [0.1, 0.15) is 24.4 Å². The number of halogens is 1. The highest BCUT2D eigenvalue weighted by Gasteiger charge is 2.17. The number of benzene rings is 2. The number of thiophene rings is 1. The molecule has 5 rings (SSSR count). The molecule has 2 aromatic carbocycles. The Bertz CT molecular complexity index is 1540. The van der Waals surface area contributed by atoms with Gasteiger partial charge in [-0.2, -0.15) is 0 Å². The molecule has 5 aromatic rings. The molecule has 1 amide bonds. The van der Waals surface area contributed by atoms with E-state index < -0.39 is 11.6 Å². The normalized spacial score (nSPS) is 11.2. The SMILES string of the molecule is CCOc1ccccc1NC(=O)Cn1nc2c3scc(-c4ccc(F)cc4)c3ncn2c1=O. The van der Waals surface area contributed by atoms with Crippen LogP contribution < -0.4 is 15.7 Å². The molecule has 0 aliphatic rings. The molecule has 33 heavy (non-hydrogen) atoms. The van der Waals surface area contributed by atoms with Crippen molar-refractivity contribution in [3.05, 3.63) is 76.5 Å². The maximum absolute atomic E-state index is 13.3. The number of hydrogen-bond donors (Lipinski definition) is 1. The Hall–Kier alpha value is -4.05. The molecule has 0 fully saturated rings.